The lowest BCUT2D eigenvalue weighted by Gasteiger charge is -2.29. The zero-order valence-corrected chi connectivity index (χ0v) is 13.0. The Morgan fingerprint density at radius 1 is 1.15 bits per heavy atom. The third-order valence-electron chi connectivity index (χ3n) is 3.96. The molecule has 1 amide bonds. The minimum Gasteiger partial charge on any atom is -0.458 e. The molecule has 0 aliphatic carbocycles. The number of likely N-dealkylation sites (tertiary alicyclic amines) is 2. The molecule has 2 aliphatic rings. The normalized spacial score (nSPS) is 27.9. The summed E-state index contributed by atoms with van der Waals surface area (Å²) in [6.07, 6.45) is 2.51. The van der Waals surface area contributed by atoms with Gasteiger partial charge < -0.3 is 14.5 Å². The Morgan fingerprint density at radius 2 is 1.85 bits per heavy atom. The summed E-state index contributed by atoms with van der Waals surface area (Å²) in [5.74, 6) is -0.0829. The van der Waals surface area contributed by atoms with E-state index in [-0.39, 0.29) is 23.8 Å². The molecular formula is C15H26N2O3. The molecule has 0 saturated carbocycles. The molecule has 2 fully saturated rings. The lowest BCUT2D eigenvalue weighted by Crippen LogP contribution is -2.46. The van der Waals surface area contributed by atoms with Gasteiger partial charge in [0.1, 0.15) is 11.6 Å². The average molecular weight is 282 g/mol. The molecule has 0 N–H and O–H groups in total. The number of hydrogen-bond acceptors (Lipinski definition) is 4. The van der Waals surface area contributed by atoms with Crippen LogP contribution in [0, 0.1) is 5.92 Å². The van der Waals surface area contributed by atoms with Crippen molar-refractivity contribution in [3.05, 3.63) is 0 Å². The molecule has 20 heavy (non-hydrogen) atoms. The van der Waals surface area contributed by atoms with Crippen LogP contribution in [0.25, 0.3) is 0 Å². The first kappa shape index (κ1) is 15.3. The second-order valence-electron chi connectivity index (χ2n) is 6.97. The Kier molecular flexibility index (Phi) is 4.37. The van der Waals surface area contributed by atoms with Gasteiger partial charge in [-0.25, -0.2) is 4.79 Å². The number of ether oxygens (including phenoxy) is 1. The van der Waals surface area contributed by atoms with Gasteiger partial charge in [-0.2, -0.15) is 0 Å². The number of amides is 1. The summed E-state index contributed by atoms with van der Waals surface area (Å²) in [5.41, 5.74) is -0.498. The Bertz CT molecular complexity index is 389. The van der Waals surface area contributed by atoms with Gasteiger partial charge in [0.15, 0.2) is 0 Å². The first-order valence-electron chi connectivity index (χ1n) is 7.50. The van der Waals surface area contributed by atoms with Gasteiger partial charge in [0, 0.05) is 13.1 Å². The maximum absolute atomic E-state index is 12.6. The van der Waals surface area contributed by atoms with Gasteiger partial charge in [-0.05, 0) is 53.6 Å². The molecule has 0 radical (unpaired) electrons. The number of carbonyl (C=O) groups excluding carboxylic acids is 2. The average Bonchev–Trinajstić information content (AvgIpc) is 2.93. The maximum atomic E-state index is 12.6. The molecule has 2 saturated heterocycles. The third kappa shape index (κ3) is 3.51. The zero-order chi connectivity index (χ0) is 14.9. The van der Waals surface area contributed by atoms with Crippen LogP contribution < -0.4 is 0 Å². The third-order valence-corrected chi connectivity index (χ3v) is 3.96. The van der Waals surface area contributed by atoms with Crippen molar-refractivity contribution >= 4 is 11.9 Å². The van der Waals surface area contributed by atoms with Crippen LogP contribution in [0.4, 0.5) is 0 Å². The fourth-order valence-electron chi connectivity index (χ4n) is 3.02. The van der Waals surface area contributed by atoms with E-state index in [2.05, 4.69) is 4.90 Å². The molecule has 1 unspecified atom stereocenters. The number of carbonyl (C=O) groups is 2. The van der Waals surface area contributed by atoms with Crippen LogP contribution in [-0.4, -0.2) is 60.0 Å². The Labute approximate surface area is 121 Å². The number of esters is 1. The quantitative estimate of drug-likeness (QED) is 0.716. The molecule has 5 heteroatoms. The molecule has 0 aromatic carbocycles. The summed E-state index contributed by atoms with van der Waals surface area (Å²) in [7, 11) is 2.03. The predicted octanol–water partition coefficient (Wildman–Crippen LogP) is 1.27. The van der Waals surface area contributed by atoms with Crippen LogP contribution in [0.15, 0.2) is 0 Å². The maximum Gasteiger partial charge on any atom is 0.329 e. The summed E-state index contributed by atoms with van der Waals surface area (Å²) in [6, 6.07) is -0.382. The van der Waals surface area contributed by atoms with Crippen LogP contribution in [0.2, 0.25) is 0 Å². The van der Waals surface area contributed by atoms with Gasteiger partial charge in [0.2, 0.25) is 5.91 Å². The van der Waals surface area contributed by atoms with Gasteiger partial charge >= 0.3 is 5.97 Å². The Hall–Kier alpha value is -1.10. The highest BCUT2D eigenvalue weighted by atomic mass is 16.6. The van der Waals surface area contributed by atoms with E-state index < -0.39 is 5.60 Å². The molecule has 0 aromatic rings. The summed E-state index contributed by atoms with van der Waals surface area (Å²) in [6.45, 7) is 8.02. The van der Waals surface area contributed by atoms with Gasteiger partial charge in [-0.1, -0.05) is 0 Å². The van der Waals surface area contributed by atoms with E-state index in [1.54, 1.807) is 4.90 Å². The van der Waals surface area contributed by atoms with Gasteiger partial charge in [-0.3, -0.25) is 4.79 Å². The molecule has 2 aliphatic heterocycles. The van der Waals surface area contributed by atoms with E-state index in [1.165, 1.54) is 0 Å². The van der Waals surface area contributed by atoms with Crippen LogP contribution in [0.5, 0.6) is 0 Å². The van der Waals surface area contributed by atoms with E-state index in [0.717, 1.165) is 32.4 Å². The molecule has 5 nitrogen and oxygen atoms in total. The van der Waals surface area contributed by atoms with Crippen molar-refractivity contribution in [2.45, 2.75) is 51.7 Å². The second kappa shape index (κ2) is 5.72. The molecule has 114 valence electrons. The minimum absolute atomic E-state index is 0.0445. The SMILES string of the molecule is CN1CCC(C(=O)N2CCC[C@@H]2C(=O)OC(C)(C)C)C1. The largest absolute Gasteiger partial charge is 0.458 e. The van der Waals surface area contributed by atoms with E-state index in [4.69, 9.17) is 4.74 Å². The molecule has 0 spiro atoms. The van der Waals surface area contributed by atoms with Crippen molar-refractivity contribution in [2.24, 2.45) is 5.92 Å². The van der Waals surface area contributed by atoms with Gasteiger partial charge in [0.05, 0.1) is 5.92 Å². The van der Waals surface area contributed by atoms with E-state index in [1.807, 2.05) is 27.8 Å². The monoisotopic (exact) mass is 282 g/mol. The number of rotatable bonds is 2. The molecule has 2 heterocycles. The Morgan fingerprint density at radius 3 is 2.40 bits per heavy atom. The molecule has 0 aromatic heterocycles. The minimum atomic E-state index is -0.498. The summed E-state index contributed by atoms with van der Waals surface area (Å²) >= 11 is 0. The van der Waals surface area contributed by atoms with E-state index in [9.17, 15) is 9.59 Å². The van der Waals surface area contributed by atoms with Crippen molar-refractivity contribution in [3.8, 4) is 0 Å². The first-order valence-corrected chi connectivity index (χ1v) is 7.50. The smallest absolute Gasteiger partial charge is 0.329 e. The Balaban J connectivity index is 2.00. The van der Waals surface area contributed by atoms with Crippen LogP contribution in [0.1, 0.15) is 40.0 Å². The van der Waals surface area contributed by atoms with Crippen molar-refractivity contribution in [3.63, 3.8) is 0 Å². The molecule has 2 rings (SSSR count). The predicted molar refractivity (Wildman–Crippen MR) is 76.2 cm³/mol. The number of hydrogen-bond donors (Lipinski definition) is 0. The lowest BCUT2D eigenvalue weighted by atomic mass is 10.1. The van der Waals surface area contributed by atoms with Gasteiger partial charge in [-0.15, -0.1) is 0 Å². The summed E-state index contributed by atoms with van der Waals surface area (Å²) in [4.78, 5) is 28.7. The van der Waals surface area contributed by atoms with Crippen LogP contribution in [0.3, 0.4) is 0 Å². The van der Waals surface area contributed by atoms with Crippen molar-refractivity contribution in [1.29, 1.82) is 0 Å². The standard InChI is InChI=1S/C15H26N2O3/c1-15(2,3)20-14(19)12-6-5-8-17(12)13(18)11-7-9-16(4)10-11/h11-12H,5-10H2,1-4H3/t11?,12-/m1/s1. The molecule has 0 bridgehead atoms. The summed E-state index contributed by atoms with van der Waals surface area (Å²) < 4.78 is 5.44. The highest BCUT2D eigenvalue weighted by molar-refractivity contribution is 5.86. The number of nitrogens with zero attached hydrogens (tertiary/aromatic N) is 2. The topological polar surface area (TPSA) is 49.9 Å². The first-order chi connectivity index (χ1) is 9.28. The fraction of sp³-hybridized carbons (Fsp3) is 0.867. The highest BCUT2D eigenvalue weighted by Crippen LogP contribution is 2.26. The highest BCUT2D eigenvalue weighted by Gasteiger charge is 2.40. The van der Waals surface area contributed by atoms with Crippen molar-refractivity contribution in [1.82, 2.24) is 9.80 Å². The van der Waals surface area contributed by atoms with Crippen molar-refractivity contribution < 1.29 is 14.3 Å². The van der Waals surface area contributed by atoms with E-state index >= 15 is 0 Å². The van der Waals surface area contributed by atoms with Crippen LogP contribution in [-0.2, 0) is 14.3 Å². The zero-order valence-electron chi connectivity index (χ0n) is 13.0. The van der Waals surface area contributed by atoms with Crippen molar-refractivity contribution in [2.75, 3.05) is 26.7 Å². The lowest BCUT2D eigenvalue weighted by molar-refractivity contribution is -0.163. The molecule has 2 atom stereocenters. The fourth-order valence-corrected chi connectivity index (χ4v) is 3.02. The van der Waals surface area contributed by atoms with Gasteiger partial charge in [0.25, 0.3) is 0 Å². The second-order valence-corrected chi connectivity index (χ2v) is 6.97. The molecular weight excluding hydrogens is 256 g/mol. The summed E-state index contributed by atoms with van der Waals surface area (Å²) in [5, 5.41) is 0. The van der Waals surface area contributed by atoms with Crippen LogP contribution >= 0.6 is 0 Å². The van der Waals surface area contributed by atoms with E-state index in [0.29, 0.717) is 6.54 Å².